The van der Waals surface area contributed by atoms with E-state index in [2.05, 4.69) is 5.32 Å². The van der Waals surface area contributed by atoms with E-state index >= 15 is 0 Å². The second-order valence-corrected chi connectivity index (χ2v) is 8.51. The monoisotopic (exact) mass is 434 g/mol. The lowest BCUT2D eigenvalue weighted by atomic mass is 10.1. The van der Waals surface area contributed by atoms with Crippen molar-refractivity contribution in [3.8, 4) is 5.75 Å². The van der Waals surface area contributed by atoms with Crippen molar-refractivity contribution in [3.05, 3.63) is 64.4 Å². The molecule has 3 heterocycles. The third-order valence-electron chi connectivity index (χ3n) is 5.56. The first-order chi connectivity index (χ1) is 15.2. The van der Waals surface area contributed by atoms with Gasteiger partial charge in [-0.15, -0.1) is 0 Å². The first-order valence-corrected chi connectivity index (χ1v) is 11.2. The van der Waals surface area contributed by atoms with Gasteiger partial charge in [0.15, 0.2) is 5.16 Å². The summed E-state index contributed by atoms with van der Waals surface area (Å²) in [5.74, 6) is 1.38. The fourth-order valence-electron chi connectivity index (χ4n) is 4.03. The highest BCUT2D eigenvalue weighted by Gasteiger charge is 2.23. The number of amides is 1. The van der Waals surface area contributed by atoms with E-state index in [4.69, 9.17) is 9.72 Å². The van der Waals surface area contributed by atoms with Crippen LogP contribution in [-0.4, -0.2) is 39.4 Å². The number of fused-ring (bicyclic) bond motifs is 4. The Morgan fingerprint density at radius 1 is 1.23 bits per heavy atom. The van der Waals surface area contributed by atoms with Gasteiger partial charge in [-0.2, -0.15) is 0 Å². The van der Waals surface area contributed by atoms with Crippen LogP contribution in [0.25, 0.3) is 21.9 Å². The third kappa shape index (κ3) is 3.57. The molecule has 0 fully saturated rings. The van der Waals surface area contributed by atoms with Gasteiger partial charge in [0.2, 0.25) is 5.91 Å². The van der Waals surface area contributed by atoms with Gasteiger partial charge in [0.05, 0.1) is 12.6 Å². The normalized spacial score (nSPS) is 12.9. The van der Waals surface area contributed by atoms with Crippen molar-refractivity contribution in [2.75, 3.05) is 19.4 Å². The molecular weight excluding hydrogens is 412 g/mol. The van der Waals surface area contributed by atoms with E-state index in [-0.39, 0.29) is 18.0 Å². The minimum absolute atomic E-state index is 0.0600. The number of aromatic nitrogens is 3. The van der Waals surface area contributed by atoms with Crippen LogP contribution in [-0.2, 0) is 24.3 Å². The molecular formula is C23H22N4O3S. The smallest absolute Gasteiger partial charge is 0.278 e. The van der Waals surface area contributed by atoms with Crippen molar-refractivity contribution in [1.82, 2.24) is 19.4 Å². The first kappa shape index (κ1) is 19.7. The van der Waals surface area contributed by atoms with Crippen LogP contribution in [0.4, 0.5) is 0 Å². The van der Waals surface area contributed by atoms with Gasteiger partial charge in [-0.05, 0) is 30.2 Å². The zero-order chi connectivity index (χ0) is 21.4. The number of carbonyl (C=O) groups excluding carboxylic acids is 1. The molecule has 2 aromatic carbocycles. The van der Waals surface area contributed by atoms with Gasteiger partial charge in [0.1, 0.15) is 23.3 Å². The topological polar surface area (TPSA) is 78.2 Å². The summed E-state index contributed by atoms with van der Waals surface area (Å²) in [6.45, 7) is 1.23. The SMILES string of the molecule is COc1ccc2c(c1)c1nc3n(c(=O)c1n2CC(=O)NCCc1ccccc1)CCS3. The van der Waals surface area contributed by atoms with Crippen LogP contribution in [0.5, 0.6) is 5.75 Å². The lowest BCUT2D eigenvalue weighted by molar-refractivity contribution is -0.121. The number of nitrogens with zero attached hydrogens (tertiary/aromatic N) is 3. The highest BCUT2D eigenvalue weighted by atomic mass is 32.2. The predicted molar refractivity (Wildman–Crippen MR) is 122 cm³/mol. The van der Waals surface area contributed by atoms with Gasteiger partial charge >= 0.3 is 0 Å². The Morgan fingerprint density at radius 3 is 2.87 bits per heavy atom. The number of nitrogens with one attached hydrogen (secondary N) is 1. The van der Waals surface area contributed by atoms with Crippen LogP contribution in [0.2, 0.25) is 0 Å². The van der Waals surface area contributed by atoms with Gasteiger partial charge < -0.3 is 14.6 Å². The Balaban J connectivity index is 1.51. The Labute approximate surface area is 183 Å². The van der Waals surface area contributed by atoms with Gasteiger partial charge in [-0.1, -0.05) is 42.1 Å². The lowest BCUT2D eigenvalue weighted by Gasteiger charge is -2.09. The number of hydrogen-bond donors (Lipinski definition) is 1. The number of rotatable bonds is 6. The predicted octanol–water partition coefficient (Wildman–Crippen LogP) is 2.82. The number of hydrogen-bond acceptors (Lipinski definition) is 5. The summed E-state index contributed by atoms with van der Waals surface area (Å²) in [6.07, 6.45) is 0.756. The summed E-state index contributed by atoms with van der Waals surface area (Å²) in [7, 11) is 1.61. The molecule has 0 radical (unpaired) electrons. The summed E-state index contributed by atoms with van der Waals surface area (Å²) in [6, 6.07) is 15.6. The van der Waals surface area contributed by atoms with E-state index in [1.165, 1.54) is 5.56 Å². The zero-order valence-electron chi connectivity index (χ0n) is 17.1. The second kappa shape index (κ2) is 8.11. The molecule has 0 aliphatic carbocycles. The molecule has 5 rings (SSSR count). The molecule has 0 atom stereocenters. The average molecular weight is 435 g/mol. The minimum atomic E-state index is -0.134. The largest absolute Gasteiger partial charge is 0.497 e. The summed E-state index contributed by atoms with van der Waals surface area (Å²) in [4.78, 5) is 30.8. The number of carbonyl (C=O) groups is 1. The van der Waals surface area contributed by atoms with Crippen LogP contribution in [0.15, 0.2) is 58.5 Å². The lowest BCUT2D eigenvalue weighted by Crippen LogP contribution is -2.30. The maximum absolute atomic E-state index is 13.3. The molecule has 1 N–H and O–H groups in total. The molecule has 158 valence electrons. The van der Waals surface area contributed by atoms with E-state index in [1.807, 2.05) is 48.5 Å². The van der Waals surface area contributed by atoms with Crippen molar-refractivity contribution in [2.45, 2.75) is 24.7 Å². The van der Waals surface area contributed by atoms with Gasteiger partial charge in [0.25, 0.3) is 5.56 Å². The molecule has 4 aromatic rings. The highest BCUT2D eigenvalue weighted by molar-refractivity contribution is 7.99. The minimum Gasteiger partial charge on any atom is -0.497 e. The Hall–Kier alpha value is -3.26. The van der Waals surface area contributed by atoms with Crippen LogP contribution in [0, 0.1) is 0 Å². The van der Waals surface area contributed by atoms with E-state index in [9.17, 15) is 9.59 Å². The van der Waals surface area contributed by atoms with Crippen LogP contribution in [0.3, 0.4) is 0 Å². The third-order valence-corrected chi connectivity index (χ3v) is 6.51. The van der Waals surface area contributed by atoms with Crippen molar-refractivity contribution in [3.63, 3.8) is 0 Å². The van der Waals surface area contributed by atoms with Crippen molar-refractivity contribution >= 4 is 39.6 Å². The molecule has 0 unspecified atom stereocenters. The summed E-state index contributed by atoms with van der Waals surface area (Å²) < 4.78 is 8.86. The zero-order valence-corrected chi connectivity index (χ0v) is 17.9. The fourth-order valence-corrected chi connectivity index (χ4v) is 4.98. The molecule has 0 saturated carbocycles. The molecule has 1 aliphatic heterocycles. The number of thioether (sulfide) groups is 1. The molecule has 0 saturated heterocycles. The maximum Gasteiger partial charge on any atom is 0.278 e. The summed E-state index contributed by atoms with van der Waals surface area (Å²) in [5, 5.41) is 4.52. The highest BCUT2D eigenvalue weighted by Crippen LogP contribution is 2.32. The standard InChI is InChI=1S/C23H22N4O3S/c1-30-16-7-8-18-17(13-16)20-21(22(29)26-11-12-31-23(26)25-20)27(18)14-19(28)24-10-9-15-5-3-2-4-6-15/h2-8,13H,9-12,14H2,1H3,(H,24,28). The van der Waals surface area contributed by atoms with E-state index in [0.717, 1.165) is 28.2 Å². The van der Waals surface area contributed by atoms with Crippen molar-refractivity contribution in [1.29, 1.82) is 0 Å². The van der Waals surface area contributed by atoms with Crippen LogP contribution < -0.4 is 15.6 Å². The first-order valence-electron chi connectivity index (χ1n) is 10.2. The molecule has 0 spiro atoms. The Kier molecular flexibility index (Phi) is 5.15. The molecule has 1 aliphatic rings. The summed E-state index contributed by atoms with van der Waals surface area (Å²) >= 11 is 1.58. The second-order valence-electron chi connectivity index (χ2n) is 7.45. The molecule has 2 aromatic heterocycles. The Morgan fingerprint density at radius 2 is 2.06 bits per heavy atom. The summed E-state index contributed by atoms with van der Waals surface area (Å²) in [5.41, 5.74) is 2.96. The number of ether oxygens (including phenoxy) is 1. The average Bonchev–Trinajstić information content (AvgIpc) is 3.38. The number of methoxy groups -OCH3 is 1. The molecule has 0 bridgehead atoms. The fraction of sp³-hybridized carbons (Fsp3) is 0.261. The Bertz CT molecular complexity index is 1340. The van der Waals surface area contributed by atoms with E-state index in [1.54, 1.807) is 28.0 Å². The van der Waals surface area contributed by atoms with E-state index in [0.29, 0.717) is 29.9 Å². The van der Waals surface area contributed by atoms with E-state index < -0.39 is 0 Å². The number of benzene rings is 2. The molecule has 1 amide bonds. The van der Waals surface area contributed by atoms with Gasteiger partial charge in [-0.25, -0.2) is 4.98 Å². The van der Waals surface area contributed by atoms with Gasteiger partial charge in [0, 0.05) is 24.2 Å². The van der Waals surface area contributed by atoms with Crippen LogP contribution >= 0.6 is 11.8 Å². The quantitative estimate of drug-likeness (QED) is 0.472. The van der Waals surface area contributed by atoms with Crippen LogP contribution in [0.1, 0.15) is 5.56 Å². The van der Waals surface area contributed by atoms with Crippen molar-refractivity contribution in [2.24, 2.45) is 0 Å². The maximum atomic E-state index is 13.3. The van der Waals surface area contributed by atoms with Crippen molar-refractivity contribution < 1.29 is 9.53 Å². The molecule has 8 heteroatoms. The molecule has 7 nitrogen and oxygen atoms in total. The van der Waals surface area contributed by atoms with Gasteiger partial charge in [-0.3, -0.25) is 14.2 Å². The molecule has 31 heavy (non-hydrogen) atoms.